The summed E-state index contributed by atoms with van der Waals surface area (Å²) in [5.41, 5.74) is 1.59. The highest BCUT2D eigenvalue weighted by Gasteiger charge is 2.26. The van der Waals surface area contributed by atoms with Crippen molar-refractivity contribution in [2.24, 2.45) is 17.8 Å². The van der Waals surface area contributed by atoms with E-state index in [1.54, 1.807) is 5.57 Å². The first-order chi connectivity index (χ1) is 6.02. The second-order valence-electron chi connectivity index (χ2n) is 4.52. The Hall–Kier alpha value is 0.700. The lowest BCUT2D eigenvalue weighted by atomic mass is 9.75. The van der Waals surface area contributed by atoms with Gasteiger partial charge < -0.3 is 0 Å². The predicted octanol–water partition coefficient (Wildman–Crippen LogP) is 5.08. The molecule has 0 aromatic rings. The van der Waals surface area contributed by atoms with Gasteiger partial charge in [-0.25, -0.2) is 0 Å². The number of allylic oxidation sites excluding steroid dienone is 1. The Bertz CT molecular complexity index is 202. The molecule has 1 rings (SSSR count). The van der Waals surface area contributed by atoms with Gasteiger partial charge in [-0.1, -0.05) is 20.8 Å². The summed E-state index contributed by atoms with van der Waals surface area (Å²) in [7, 11) is 0. The largest absolute Gasteiger partial charge is 0.0622 e. The molecule has 0 bridgehead atoms. The molecule has 2 unspecified atom stereocenters. The van der Waals surface area contributed by atoms with Gasteiger partial charge in [0.25, 0.3) is 0 Å². The number of halogens is 2. The first-order valence-electron chi connectivity index (χ1n) is 5.06. The van der Waals surface area contributed by atoms with Crippen LogP contribution in [0.2, 0.25) is 0 Å². The Labute approximate surface area is 98.4 Å². The fourth-order valence-electron chi connectivity index (χ4n) is 2.22. The van der Waals surface area contributed by atoms with E-state index in [-0.39, 0.29) is 0 Å². The van der Waals surface area contributed by atoms with E-state index in [0.717, 1.165) is 17.8 Å². The van der Waals surface area contributed by atoms with E-state index in [1.165, 1.54) is 22.7 Å². The molecule has 0 saturated heterocycles. The summed E-state index contributed by atoms with van der Waals surface area (Å²) in [5.74, 6) is 2.41. The molecule has 76 valence electrons. The maximum atomic E-state index is 3.57. The summed E-state index contributed by atoms with van der Waals surface area (Å²) in [6.45, 7) is 6.99. The second-order valence-corrected chi connectivity index (χ2v) is 7.17. The lowest BCUT2D eigenvalue weighted by Crippen LogP contribution is -2.20. The first kappa shape index (κ1) is 11.8. The van der Waals surface area contributed by atoms with Gasteiger partial charge in [-0.15, -0.1) is 0 Å². The molecule has 0 radical (unpaired) electrons. The van der Waals surface area contributed by atoms with E-state index in [4.69, 9.17) is 0 Å². The summed E-state index contributed by atoms with van der Waals surface area (Å²) >= 11 is 7.14. The molecule has 0 nitrogen and oxygen atoms in total. The van der Waals surface area contributed by atoms with Crippen molar-refractivity contribution in [2.75, 3.05) is 0 Å². The molecular formula is C11H18Br2. The topological polar surface area (TPSA) is 0 Å². The molecule has 0 heterocycles. The Kier molecular flexibility index (Phi) is 4.50. The van der Waals surface area contributed by atoms with Gasteiger partial charge in [0, 0.05) is 0 Å². The summed E-state index contributed by atoms with van der Waals surface area (Å²) < 4.78 is 1.20. The molecule has 0 amide bonds. The lowest BCUT2D eigenvalue weighted by Gasteiger charge is -2.32. The van der Waals surface area contributed by atoms with E-state index in [2.05, 4.69) is 52.6 Å². The molecule has 1 fully saturated rings. The quantitative estimate of drug-likeness (QED) is 0.633. The molecule has 2 atom stereocenters. The maximum absolute atomic E-state index is 3.57. The zero-order chi connectivity index (χ0) is 10.0. The molecule has 0 N–H and O–H groups in total. The van der Waals surface area contributed by atoms with E-state index in [0.29, 0.717) is 0 Å². The summed E-state index contributed by atoms with van der Waals surface area (Å²) in [4.78, 5) is 0. The molecule has 1 aliphatic carbocycles. The molecule has 0 spiro atoms. The van der Waals surface area contributed by atoms with Crippen LogP contribution in [0.25, 0.3) is 0 Å². The van der Waals surface area contributed by atoms with Gasteiger partial charge in [0.15, 0.2) is 0 Å². The van der Waals surface area contributed by atoms with Gasteiger partial charge in [0.2, 0.25) is 0 Å². The molecular weight excluding hydrogens is 292 g/mol. The van der Waals surface area contributed by atoms with Crippen molar-refractivity contribution in [3.8, 4) is 0 Å². The molecule has 1 saturated carbocycles. The Morgan fingerprint density at radius 2 is 1.92 bits per heavy atom. The van der Waals surface area contributed by atoms with E-state index < -0.39 is 0 Å². The highest BCUT2D eigenvalue weighted by atomic mass is 79.9. The number of hydrogen-bond donors (Lipinski definition) is 0. The van der Waals surface area contributed by atoms with E-state index >= 15 is 0 Å². The Morgan fingerprint density at radius 3 is 2.38 bits per heavy atom. The lowest BCUT2D eigenvalue weighted by molar-refractivity contribution is 0.308. The van der Waals surface area contributed by atoms with Crippen LogP contribution in [0.3, 0.4) is 0 Å². The van der Waals surface area contributed by atoms with Crippen LogP contribution in [-0.4, -0.2) is 0 Å². The average Bonchev–Trinajstić information content (AvgIpc) is 2.03. The van der Waals surface area contributed by atoms with Gasteiger partial charge in [0.05, 0.1) is 3.39 Å². The van der Waals surface area contributed by atoms with Crippen molar-refractivity contribution in [3.63, 3.8) is 0 Å². The molecule has 2 heteroatoms. The van der Waals surface area contributed by atoms with Crippen LogP contribution in [-0.2, 0) is 0 Å². The van der Waals surface area contributed by atoms with Crippen molar-refractivity contribution >= 4 is 31.9 Å². The van der Waals surface area contributed by atoms with Crippen LogP contribution in [0.1, 0.15) is 40.0 Å². The highest BCUT2D eigenvalue weighted by Crippen LogP contribution is 2.41. The molecule has 13 heavy (non-hydrogen) atoms. The third-order valence-electron chi connectivity index (χ3n) is 3.03. The Morgan fingerprint density at radius 1 is 1.31 bits per heavy atom. The monoisotopic (exact) mass is 308 g/mol. The fourth-order valence-corrected chi connectivity index (χ4v) is 3.13. The minimum Gasteiger partial charge on any atom is -0.0622 e. The van der Waals surface area contributed by atoms with Crippen LogP contribution in [0.4, 0.5) is 0 Å². The standard InChI is InChI=1S/C11H18Br2/c1-7(2)9-5-4-8(3)6-10(9)11(12)13/h7-9H,4-6H2,1-3H3. The van der Waals surface area contributed by atoms with E-state index in [9.17, 15) is 0 Å². The molecule has 0 aliphatic heterocycles. The minimum absolute atomic E-state index is 0.771. The van der Waals surface area contributed by atoms with Gasteiger partial charge >= 0.3 is 0 Å². The molecule has 0 aromatic heterocycles. The van der Waals surface area contributed by atoms with Crippen LogP contribution in [0.15, 0.2) is 8.96 Å². The molecule has 1 aliphatic rings. The minimum atomic E-state index is 0.771. The van der Waals surface area contributed by atoms with Crippen molar-refractivity contribution in [1.29, 1.82) is 0 Å². The zero-order valence-corrected chi connectivity index (χ0v) is 11.8. The summed E-state index contributed by atoms with van der Waals surface area (Å²) in [5, 5.41) is 0. The Balaban J connectivity index is 2.79. The maximum Gasteiger partial charge on any atom is 0.0599 e. The van der Waals surface area contributed by atoms with Crippen LogP contribution < -0.4 is 0 Å². The van der Waals surface area contributed by atoms with E-state index in [1.807, 2.05) is 0 Å². The van der Waals surface area contributed by atoms with Gasteiger partial charge in [0.1, 0.15) is 0 Å². The van der Waals surface area contributed by atoms with Gasteiger partial charge in [-0.3, -0.25) is 0 Å². The van der Waals surface area contributed by atoms with Crippen molar-refractivity contribution in [2.45, 2.75) is 40.0 Å². The number of rotatable bonds is 1. The predicted molar refractivity (Wildman–Crippen MR) is 66.2 cm³/mol. The highest BCUT2D eigenvalue weighted by molar-refractivity contribution is 9.28. The third kappa shape index (κ3) is 3.09. The van der Waals surface area contributed by atoms with Crippen molar-refractivity contribution in [3.05, 3.63) is 8.96 Å². The average molecular weight is 310 g/mol. The van der Waals surface area contributed by atoms with Crippen molar-refractivity contribution in [1.82, 2.24) is 0 Å². The smallest absolute Gasteiger partial charge is 0.0599 e. The summed E-state index contributed by atoms with van der Waals surface area (Å²) in [6, 6.07) is 0. The van der Waals surface area contributed by atoms with Crippen molar-refractivity contribution < 1.29 is 0 Å². The van der Waals surface area contributed by atoms with Gasteiger partial charge in [-0.2, -0.15) is 0 Å². The second kappa shape index (κ2) is 4.97. The SMILES string of the molecule is CC1CCC(C(C)C)C(=C(Br)Br)C1. The normalized spacial score (nSPS) is 29.5. The molecule has 0 aromatic carbocycles. The summed E-state index contributed by atoms with van der Waals surface area (Å²) in [6.07, 6.45) is 4.00. The van der Waals surface area contributed by atoms with Crippen LogP contribution in [0.5, 0.6) is 0 Å². The van der Waals surface area contributed by atoms with Crippen LogP contribution >= 0.6 is 31.9 Å². The fraction of sp³-hybridized carbons (Fsp3) is 0.818. The first-order valence-corrected chi connectivity index (χ1v) is 6.65. The van der Waals surface area contributed by atoms with Crippen LogP contribution in [0, 0.1) is 17.8 Å². The number of hydrogen-bond acceptors (Lipinski definition) is 0. The third-order valence-corrected chi connectivity index (χ3v) is 4.05. The van der Waals surface area contributed by atoms with Gasteiger partial charge in [-0.05, 0) is 74.4 Å². The zero-order valence-electron chi connectivity index (χ0n) is 8.61.